The summed E-state index contributed by atoms with van der Waals surface area (Å²) in [6.45, 7) is 0.968. The van der Waals surface area contributed by atoms with Gasteiger partial charge in [-0.25, -0.2) is 0 Å². The third-order valence-corrected chi connectivity index (χ3v) is 7.14. The van der Waals surface area contributed by atoms with Gasteiger partial charge >= 0.3 is 0 Å². The summed E-state index contributed by atoms with van der Waals surface area (Å²) in [7, 11) is 0. The van der Waals surface area contributed by atoms with Crippen LogP contribution in [0, 0.1) is 17.8 Å². The summed E-state index contributed by atoms with van der Waals surface area (Å²) in [5, 5.41) is 8.98. The van der Waals surface area contributed by atoms with Crippen LogP contribution in [0.25, 0.3) is 0 Å². The summed E-state index contributed by atoms with van der Waals surface area (Å²) >= 11 is 0. The molecular weight excluding hydrogens is 420 g/mol. The molecule has 2 heterocycles. The number of hydrogen-bond donors (Lipinski definition) is 3. The molecule has 33 heavy (non-hydrogen) atoms. The Bertz CT molecular complexity index is 1060. The molecule has 1 aromatic heterocycles. The lowest BCUT2D eigenvalue weighted by molar-refractivity contribution is -0.146. The highest BCUT2D eigenvalue weighted by Gasteiger charge is 2.57. The van der Waals surface area contributed by atoms with Gasteiger partial charge in [-0.2, -0.15) is 0 Å². The number of hydrogen-bond acceptors (Lipinski definition) is 5. The van der Waals surface area contributed by atoms with Gasteiger partial charge in [0.05, 0.1) is 5.56 Å². The number of carbonyl (C=O) groups is 3. The van der Waals surface area contributed by atoms with Gasteiger partial charge in [-0.3, -0.25) is 19.4 Å². The maximum atomic E-state index is 12.9. The molecule has 3 fully saturated rings. The van der Waals surface area contributed by atoms with E-state index in [9.17, 15) is 14.4 Å². The average molecular weight is 449 g/mol. The van der Waals surface area contributed by atoms with E-state index in [1.807, 2.05) is 18.2 Å². The number of nitrogens with zero attached hydrogens (tertiary/aromatic N) is 1. The Labute approximate surface area is 192 Å². The molecule has 3 saturated carbocycles. The molecule has 6 rings (SSSR count). The Balaban J connectivity index is 1.12. The third kappa shape index (κ3) is 4.17. The van der Waals surface area contributed by atoms with Crippen LogP contribution in [0.3, 0.4) is 0 Å². The number of nitrogens with one attached hydrogen (secondary N) is 3. The molecule has 172 valence electrons. The molecule has 4 atom stereocenters. The second kappa shape index (κ2) is 8.84. The highest BCUT2D eigenvalue weighted by molar-refractivity contribution is 5.98. The van der Waals surface area contributed by atoms with Crippen LogP contribution < -0.4 is 20.7 Å². The van der Waals surface area contributed by atoms with Crippen molar-refractivity contribution >= 4 is 17.7 Å². The predicted molar refractivity (Wildman–Crippen MR) is 120 cm³/mol. The van der Waals surface area contributed by atoms with Gasteiger partial charge < -0.3 is 20.7 Å². The van der Waals surface area contributed by atoms with E-state index in [2.05, 4.69) is 20.9 Å². The molecular formula is C25H28N4O4. The molecule has 8 heteroatoms. The molecule has 3 aliphatic carbocycles. The standard InChI is InChI=1S/C25H28N4O4/c30-22(27-12-5-13-28-24(32)20-7-3-4-11-26-20)19-14-17-10-9-16(19)15-25(17)29-23(31)18-6-1-2-8-21(18)33-25/h1-4,6-8,11,16-17,19H,5,9-10,12-15H2,(H,27,30)(H,28,32)(H,29,31). The Kier molecular flexibility index (Phi) is 5.74. The van der Waals surface area contributed by atoms with E-state index < -0.39 is 5.72 Å². The number of rotatable bonds is 6. The number of aromatic nitrogens is 1. The minimum absolute atomic E-state index is 0.0538. The topological polar surface area (TPSA) is 109 Å². The monoisotopic (exact) mass is 448 g/mol. The van der Waals surface area contributed by atoms with Crippen LogP contribution in [-0.4, -0.2) is 41.5 Å². The van der Waals surface area contributed by atoms with Crippen molar-refractivity contribution in [3.8, 4) is 5.75 Å². The Morgan fingerprint density at radius 2 is 1.91 bits per heavy atom. The van der Waals surface area contributed by atoms with Crippen LogP contribution in [0.1, 0.15) is 53.0 Å². The second-order valence-corrected chi connectivity index (χ2v) is 9.14. The van der Waals surface area contributed by atoms with Crippen molar-refractivity contribution in [2.75, 3.05) is 13.1 Å². The van der Waals surface area contributed by atoms with Crippen LogP contribution in [0.5, 0.6) is 5.75 Å². The number of amides is 3. The largest absolute Gasteiger partial charge is 0.467 e. The average Bonchev–Trinajstić information content (AvgIpc) is 2.84. The van der Waals surface area contributed by atoms with Crippen LogP contribution in [-0.2, 0) is 4.79 Å². The van der Waals surface area contributed by atoms with Crippen LogP contribution in [0.4, 0.5) is 0 Å². The van der Waals surface area contributed by atoms with E-state index in [0.29, 0.717) is 49.4 Å². The van der Waals surface area contributed by atoms with Crippen molar-refractivity contribution in [3.05, 3.63) is 59.9 Å². The molecule has 4 aliphatic rings. The fourth-order valence-electron chi connectivity index (χ4n) is 5.50. The van der Waals surface area contributed by atoms with Gasteiger partial charge in [-0.15, -0.1) is 0 Å². The van der Waals surface area contributed by atoms with E-state index in [1.165, 1.54) is 0 Å². The first-order chi connectivity index (χ1) is 16.1. The summed E-state index contributed by atoms with van der Waals surface area (Å²) in [5.41, 5.74) is 0.239. The minimum atomic E-state index is -0.707. The molecule has 2 aromatic rings. The summed E-state index contributed by atoms with van der Waals surface area (Å²) < 4.78 is 6.36. The predicted octanol–water partition coefficient (Wildman–Crippen LogP) is 2.27. The molecule has 3 N–H and O–H groups in total. The van der Waals surface area contributed by atoms with E-state index in [-0.39, 0.29) is 35.5 Å². The minimum Gasteiger partial charge on any atom is -0.467 e. The summed E-state index contributed by atoms with van der Waals surface area (Å²) in [6, 6.07) is 12.5. The lowest BCUT2D eigenvalue weighted by Crippen LogP contribution is -2.66. The van der Waals surface area contributed by atoms with E-state index in [1.54, 1.807) is 30.5 Å². The van der Waals surface area contributed by atoms with Gasteiger partial charge in [-0.05, 0) is 55.9 Å². The molecule has 4 unspecified atom stereocenters. The molecule has 8 nitrogen and oxygen atoms in total. The smallest absolute Gasteiger partial charge is 0.269 e. The first kappa shape index (κ1) is 21.4. The van der Waals surface area contributed by atoms with Gasteiger partial charge in [0.15, 0.2) is 5.72 Å². The van der Waals surface area contributed by atoms with Crippen LogP contribution in [0.15, 0.2) is 48.7 Å². The number of ether oxygens (including phenoxy) is 1. The maximum absolute atomic E-state index is 12.9. The van der Waals surface area contributed by atoms with E-state index in [0.717, 1.165) is 12.8 Å². The Morgan fingerprint density at radius 1 is 1.09 bits per heavy atom. The SMILES string of the molecule is O=C(NCCCNC(=O)C1CC2CCC1CC21NC(=O)c2ccccc2O1)c1ccccn1. The zero-order valence-corrected chi connectivity index (χ0v) is 18.4. The van der Waals surface area contributed by atoms with Crippen molar-refractivity contribution in [2.45, 2.75) is 37.8 Å². The molecule has 0 radical (unpaired) electrons. The number of carbonyl (C=O) groups excluding carboxylic acids is 3. The van der Waals surface area contributed by atoms with E-state index >= 15 is 0 Å². The zero-order valence-electron chi connectivity index (χ0n) is 18.4. The summed E-state index contributed by atoms with van der Waals surface area (Å²) in [6.07, 6.45) is 5.48. The van der Waals surface area contributed by atoms with E-state index in [4.69, 9.17) is 4.74 Å². The normalized spacial score (nSPS) is 27.3. The van der Waals surface area contributed by atoms with Crippen molar-refractivity contribution in [1.29, 1.82) is 0 Å². The number of para-hydroxylation sites is 1. The molecule has 2 bridgehead atoms. The summed E-state index contributed by atoms with van der Waals surface area (Å²) in [4.78, 5) is 41.6. The first-order valence-electron chi connectivity index (χ1n) is 11.6. The third-order valence-electron chi connectivity index (χ3n) is 7.14. The second-order valence-electron chi connectivity index (χ2n) is 9.14. The maximum Gasteiger partial charge on any atom is 0.269 e. The van der Waals surface area contributed by atoms with Crippen molar-refractivity contribution in [1.82, 2.24) is 20.9 Å². The number of benzene rings is 1. The fourth-order valence-corrected chi connectivity index (χ4v) is 5.50. The summed E-state index contributed by atoms with van der Waals surface area (Å²) in [5.74, 6) is 0.569. The zero-order chi connectivity index (χ0) is 22.8. The lowest BCUT2D eigenvalue weighted by Gasteiger charge is -2.55. The number of pyridine rings is 1. The van der Waals surface area contributed by atoms with Gasteiger partial charge in [0.1, 0.15) is 11.4 Å². The molecule has 3 amide bonds. The molecule has 1 aliphatic heterocycles. The van der Waals surface area contributed by atoms with Gasteiger partial charge in [0, 0.05) is 37.5 Å². The molecule has 1 aromatic carbocycles. The first-order valence-corrected chi connectivity index (χ1v) is 11.6. The Hall–Kier alpha value is -3.42. The van der Waals surface area contributed by atoms with Gasteiger partial charge in [0.2, 0.25) is 5.91 Å². The van der Waals surface area contributed by atoms with Gasteiger partial charge in [-0.1, -0.05) is 18.2 Å². The van der Waals surface area contributed by atoms with Crippen molar-refractivity contribution in [3.63, 3.8) is 0 Å². The fraction of sp³-hybridized carbons (Fsp3) is 0.440. The lowest BCUT2D eigenvalue weighted by atomic mass is 9.60. The quantitative estimate of drug-likeness (QED) is 0.588. The Morgan fingerprint density at radius 3 is 2.70 bits per heavy atom. The molecule has 1 spiro atoms. The number of fused-ring (bicyclic) bond motifs is 3. The van der Waals surface area contributed by atoms with Crippen LogP contribution >= 0.6 is 0 Å². The van der Waals surface area contributed by atoms with Crippen LogP contribution in [0.2, 0.25) is 0 Å². The highest BCUT2D eigenvalue weighted by atomic mass is 16.5. The van der Waals surface area contributed by atoms with Crippen molar-refractivity contribution in [2.24, 2.45) is 17.8 Å². The van der Waals surface area contributed by atoms with Gasteiger partial charge in [0.25, 0.3) is 11.8 Å². The molecule has 0 saturated heterocycles. The highest BCUT2D eigenvalue weighted by Crippen LogP contribution is 2.52. The van der Waals surface area contributed by atoms with Crippen molar-refractivity contribution < 1.29 is 19.1 Å².